The first-order chi connectivity index (χ1) is 8.54. The highest BCUT2D eigenvalue weighted by Gasteiger charge is 2.13. The van der Waals surface area contributed by atoms with Crippen LogP contribution in [0.4, 0.5) is 0 Å². The largest absolute Gasteiger partial charge is 0.347 e. The van der Waals surface area contributed by atoms with Gasteiger partial charge in [-0.1, -0.05) is 0 Å². The summed E-state index contributed by atoms with van der Waals surface area (Å²) < 4.78 is 1.67. The van der Waals surface area contributed by atoms with Gasteiger partial charge in [-0.3, -0.25) is 19.8 Å². The Morgan fingerprint density at radius 2 is 2.17 bits per heavy atom. The smallest absolute Gasteiger partial charge is 0.274 e. The van der Waals surface area contributed by atoms with Crippen LogP contribution in [-0.4, -0.2) is 55.0 Å². The number of imide groups is 1. The summed E-state index contributed by atoms with van der Waals surface area (Å²) in [6.07, 6.45) is 1.76. The molecule has 6 heteroatoms. The molecule has 0 spiro atoms. The number of aromatic nitrogens is 1. The van der Waals surface area contributed by atoms with E-state index in [2.05, 4.69) is 10.6 Å². The van der Waals surface area contributed by atoms with E-state index in [1.54, 1.807) is 29.9 Å². The summed E-state index contributed by atoms with van der Waals surface area (Å²) in [5, 5.41) is 5.37. The van der Waals surface area contributed by atoms with Crippen LogP contribution in [0.1, 0.15) is 10.5 Å². The second kappa shape index (κ2) is 6.93. The number of carbonyl (C=O) groups excluding carboxylic acids is 2. The van der Waals surface area contributed by atoms with Crippen LogP contribution in [0, 0.1) is 0 Å². The molecule has 0 fully saturated rings. The number of aryl methyl sites for hydroxylation is 1. The van der Waals surface area contributed by atoms with Gasteiger partial charge >= 0.3 is 0 Å². The molecule has 2 N–H and O–H groups in total. The summed E-state index contributed by atoms with van der Waals surface area (Å²) in [5.74, 6) is -0.658. The number of amides is 2. The molecular formula is C12H20N4O2. The third-order valence-corrected chi connectivity index (χ3v) is 2.59. The highest BCUT2D eigenvalue weighted by Crippen LogP contribution is 1.98. The summed E-state index contributed by atoms with van der Waals surface area (Å²) in [4.78, 5) is 25.2. The van der Waals surface area contributed by atoms with Crippen LogP contribution in [0.15, 0.2) is 18.3 Å². The maximum Gasteiger partial charge on any atom is 0.274 e. The van der Waals surface area contributed by atoms with Crippen molar-refractivity contribution in [1.29, 1.82) is 0 Å². The summed E-state index contributed by atoms with van der Waals surface area (Å²) in [5.41, 5.74) is 0.473. The van der Waals surface area contributed by atoms with Gasteiger partial charge in [0.25, 0.3) is 5.91 Å². The van der Waals surface area contributed by atoms with E-state index in [0.29, 0.717) is 5.69 Å². The third kappa shape index (κ3) is 4.31. The van der Waals surface area contributed by atoms with Crippen LogP contribution in [0.3, 0.4) is 0 Å². The quantitative estimate of drug-likeness (QED) is 0.712. The summed E-state index contributed by atoms with van der Waals surface area (Å²) in [7, 11) is 5.45. The molecule has 0 aliphatic rings. The molecule has 1 aromatic heterocycles. The number of nitrogens with zero attached hydrogens (tertiary/aromatic N) is 2. The molecular weight excluding hydrogens is 232 g/mol. The lowest BCUT2D eigenvalue weighted by atomic mass is 10.4. The van der Waals surface area contributed by atoms with Gasteiger partial charge in [0.05, 0.1) is 6.54 Å². The average Bonchev–Trinajstić information content (AvgIpc) is 2.72. The molecule has 100 valence electrons. The Morgan fingerprint density at radius 3 is 2.72 bits per heavy atom. The van der Waals surface area contributed by atoms with Crippen molar-refractivity contribution in [3.8, 4) is 0 Å². The lowest BCUT2D eigenvalue weighted by molar-refractivity contribution is -0.121. The van der Waals surface area contributed by atoms with E-state index in [1.807, 2.05) is 19.0 Å². The fraction of sp³-hybridized carbons (Fsp3) is 0.500. The zero-order valence-corrected chi connectivity index (χ0v) is 11.1. The molecule has 18 heavy (non-hydrogen) atoms. The predicted octanol–water partition coefficient (Wildman–Crippen LogP) is -0.567. The van der Waals surface area contributed by atoms with Gasteiger partial charge in [-0.15, -0.1) is 0 Å². The van der Waals surface area contributed by atoms with E-state index < -0.39 is 0 Å². The number of hydrogen-bond acceptors (Lipinski definition) is 4. The number of likely N-dealkylation sites (N-methyl/N-ethyl adjacent to an activating group) is 2. The maximum absolute atomic E-state index is 11.7. The van der Waals surface area contributed by atoms with Crippen LogP contribution in [-0.2, 0) is 11.8 Å². The molecule has 0 aliphatic carbocycles. The van der Waals surface area contributed by atoms with Crippen molar-refractivity contribution < 1.29 is 9.59 Å². The number of rotatable bonds is 6. The van der Waals surface area contributed by atoms with Crippen LogP contribution in [0.25, 0.3) is 0 Å². The Kier molecular flexibility index (Phi) is 5.54. The first-order valence-electron chi connectivity index (χ1n) is 5.83. The highest BCUT2D eigenvalue weighted by molar-refractivity contribution is 6.04. The van der Waals surface area contributed by atoms with Crippen molar-refractivity contribution >= 4 is 11.8 Å². The molecule has 0 bridgehead atoms. The molecule has 0 aliphatic heterocycles. The second-order valence-electron chi connectivity index (χ2n) is 4.22. The normalized spacial score (nSPS) is 10.7. The minimum atomic E-state index is -0.366. The monoisotopic (exact) mass is 252 g/mol. The Bertz CT molecular complexity index is 414. The Balaban J connectivity index is 2.41. The van der Waals surface area contributed by atoms with Crippen molar-refractivity contribution in [1.82, 2.24) is 20.1 Å². The minimum absolute atomic E-state index is 0.206. The van der Waals surface area contributed by atoms with E-state index in [4.69, 9.17) is 0 Å². The van der Waals surface area contributed by atoms with Gasteiger partial charge in [0.15, 0.2) is 0 Å². The van der Waals surface area contributed by atoms with Gasteiger partial charge in [0, 0.05) is 26.3 Å². The first-order valence-corrected chi connectivity index (χ1v) is 5.83. The minimum Gasteiger partial charge on any atom is -0.347 e. The fourth-order valence-electron chi connectivity index (χ4n) is 1.55. The fourth-order valence-corrected chi connectivity index (χ4v) is 1.55. The van der Waals surface area contributed by atoms with Crippen molar-refractivity contribution in [3.05, 3.63) is 24.0 Å². The maximum atomic E-state index is 11.7. The van der Waals surface area contributed by atoms with E-state index in [1.165, 1.54) is 0 Å². The van der Waals surface area contributed by atoms with Crippen LogP contribution in [0.5, 0.6) is 0 Å². The Morgan fingerprint density at radius 1 is 1.44 bits per heavy atom. The van der Waals surface area contributed by atoms with Gasteiger partial charge in [0.2, 0.25) is 5.91 Å². The van der Waals surface area contributed by atoms with Gasteiger partial charge in [-0.25, -0.2) is 0 Å². The molecule has 6 nitrogen and oxygen atoms in total. The zero-order chi connectivity index (χ0) is 13.5. The third-order valence-electron chi connectivity index (χ3n) is 2.59. The van der Waals surface area contributed by atoms with Gasteiger partial charge in [-0.05, 0) is 26.2 Å². The number of carbonyl (C=O) groups is 2. The van der Waals surface area contributed by atoms with Crippen LogP contribution >= 0.6 is 0 Å². The zero-order valence-electron chi connectivity index (χ0n) is 11.1. The van der Waals surface area contributed by atoms with E-state index in [0.717, 1.165) is 13.1 Å². The van der Waals surface area contributed by atoms with E-state index in [-0.39, 0.29) is 18.4 Å². The van der Waals surface area contributed by atoms with Gasteiger partial charge < -0.3 is 9.88 Å². The first kappa shape index (κ1) is 14.4. The van der Waals surface area contributed by atoms with Crippen molar-refractivity contribution in [2.75, 3.05) is 33.7 Å². The lowest BCUT2D eigenvalue weighted by Gasteiger charge is -2.15. The summed E-state index contributed by atoms with van der Waals surface area (Å²) >= 11 is 0. The van der Waals surface area contributed by atoms with Crippen molar-refractivity contribution in [2.24, 2.45) is 7.05 Å². The van der Waals surface area contributed by atoms with Gasteiger partial charge in [0.1, 0.15) is 5.69 Å². The van der Waals surface area contributed by atoms with E-state index >= 15 is 0 Å². The molecule has 1 heterocycles. The summed E-state index contributed by atoms with van der Waals surface area (Å²) in [6.45, 7) is 1.76. The Hall–Kier alpha value is -1.66. The molecule has 1 rings (SSSR count). The lowest BCUT2D eigenvalue weighted by Crippen LogP contribution is -2.40. The van der Waals surface area contributed by atoms with Gasteiger partial charge in [-0.2, -0.15) is 0 Å². The average molecular weight is 252 g/mol. The molecule has 0 radical (unpaired) electrons. The molecule has 0 aromatic carbocycles. The molecule has 0 saturated heterocycles. The Labute approximate surface area is 107 Å². The molecule has 2 amide bonds. The second-order valence-corrected chi connectivity index (χ2v) is 4.22. The topological polar surface area (TPSA) is 66.4 Å². The SMILES string of the molecule is CNCCN(C)CC(=O)NC(=O)c1cccn1C. The van der Waals surface area contributed by atoms with Crippen molar-refractivity contribution in [3.63, 3.8) is 0 Å². The summed E-state index contributed by atoms with van der Waals surface area (Å²) in [6, 6.07) is 3.44. The molecule has 0 saturated carbocycles. The van der Waals surface area contributed by atoms with Crippen LogP contribution in [0.2, 0.25) is 0 Å². The van der Waals surface area contributed by atoms with Crippen molar-refractivity contribution in [2.45, 2.75) is 0 Å². The molecule has 0 unspecified atom stereocenters. The van der Waals surface area contributed by atoms with E-state index in [9.17, 15) is 9.59 Å². The standard InChI is InChI=1S/C12H20N4O2/c1-13-6-8-15(2)9-11(17)14-12(18)10-5-4-7-16(10)3/h4-5,7,13H,6,8-9H2,1-3H3,(H,14,17,18). The molecule has 1 aromatic rings. The number of nitrogens with one attached hydrogen (secondary N) is 2. The number of hydrogen-bond donors (Lipinski definition) is 2. The highest BCUT2D eigenvalue weighted by atomic mass is 16.2. The predicted molar refractivity (Wildman–Crippen MR) is 69.3 cm³/mol. The molecule has 0 atom stereocenters. The van der Waals surface area contributed by atoms with Crippen LogP contribution < -0.4 is 10.6 Å².